The molecule has 138 valence electrons. The Hall–Kier alpha value is -1.89. The third kappa shape index (κ3) is 6.12. The number of carbonyl (C=O) groups is 2. The first-order valence-electron chi connectivity index (χ1n) is 7.70. The second-order valence-electron chi connectivity index (χ2n) is 5.34. The molecule has 1 unspecified atom stereocenters. The van der Waals surface area contributed by atoms with Gasteiger partial charge in [-0.2, -0.15) is 0 Å². The Morgan fingerprint density at radius 1 is 1.12 bits per heavy atom. The smallest absolute Gasteiger partial charge is 0.237 e. The highest BCUT2D eigenvalue weighted by Crippen LogP contribution is 2.26. The van der Waals surface area contributed by atoms with Gasteiger partial charge in [-0.1, -0.05) is 23.2 Å². The molecule has 0 fully saturated rings. The fourth-order valence-electron chi connectivity index (χ4n) is 1.98. The summed E-state index contributed by atoms with van der Waals surface area (Å²) >= 11 is 13.2. The summed E-state index contributed by atoms with van der Waals surface area (Å²) in [6, 6.07) is 11.8. The molecule has 0 bridgehead atoms. The molecular weight excluding hydrogens is 395 g/mol. The van der Waals surface area contributed by atoms with Crippen molar-refractivity contribution in [3.63, 3.8) is 0 Å². The van der Waals surface area contributed by atoms with E-state index in [0.717, 1.165) is 0 Å². The Morgan fingerprint density at radius 3 is 2.46 bits per heavy atom. The van der Waals surface area contributed by atoms with Crippen molar-refractivity contribution >= 4 is 58.2 Å². The molecule has 2 amide bonds. The molecule has 0 saturated carbocycles. The van der Waals surface area contributed by atoms with Crippen LogP contribution in [-0.2, 0) is 9.59 Å². The molecule has 8 heteroatoms. The summed E-state index contributed by atoms with van der Waals surface area (Å²) in [5.41, 5.74) is 1.11. The maximum Gasteiger partial charge on any atom is 0.237 e. The molecule has 0 aliphatic heterocycles. The molecule has 1 atom stereocenters. The van der Waals surface area contributed by atoms with Gasteiger partial charge in [-0.05, 0) is 49.4 Å². The highest BCUT2D eigenvalue weighted by Gasteiger charge is 2.17. The van der Waals surface area contributed by atoms with E-state index in [0.29, 0.717) is 27.2 Å². The third-order valence-corrected chi connectivity index (χ3v) is 5.10. The minimum Gasteiger partial charge on any atom is -0.497 e. The van der Waals surface area contributed by atoms with Crippen LogP contribution in [0.15, 0.2) is 42.5 Å². The first-order chi connectivity index (χ1) is 12.4. The zero-order chi connectivity index (χ0) is 19.1. The van der Waals surface area contributed by atoms with E-state index >= 15 is 0 Å². The number of amides is 2. The number of halogens is 2. The van der Waals surface area contributed by atoms with Crippen molar-refractivity contribution in [2.75, 3.05) is 23.5 Å². The maximum absolute atomic E-state index is 12.2. The Bertz CT molecular complexity index is 785. The highest BCUT2D eigenvalue weighted by molar-refractivity contribution is 8.01. The predicted octanol–water partition coefficient (Wildman–Crippen LogP) is 4.70. The van der Waals surface area contributed by atoms with E-state index in [1.54, 1.807) is 56.5 Å². The number of benzene rings is 2. The number of anilines is 2. The van der Waals surface area contributed by atoms with Gasteiger partial charge in [0.25, 0.3) is 0 Å². The van der Waals surface area contributed by atoms with Crippen LogP contribution in [0.5, 0.6) is 5.75 Å². The summed E-state index contributed by atoms with van der Waals surface area (Å²) in [6.07, 6.45) is 0. The van der Waals surface area contributed by atoms with Gasteiger partial charge in [-0.15, -0.1) is 11.8 Å². The summed E-state index contributed by atoms with van der Waals surface area (Å²) in [7, 11) is 1.58. The summed E-state index contributed by atoms with van der Waals surface area (Å²) in [4.78, 5) is 24.3. The van der Waals surface area contributed by atoms with Gasteiger partial charge in [0.1, 0.15) is 5.75 Å². The van der Waals surface area contributed by atoms with Crippen LogP contribution in [0.1, 0.15) is 6.92 Å². The predicted molar refractivity (Wildman–Crippen MR) is 109 cm³/mol. The summed E-state index contributed by atoms with van der Waals surface area (Å²) in [5, 5.41) is 5.92. The zero-order valence-corrected chi connectivity index (χ0v) is 16.5. The van der Waals surface area contributed by atoms with Crippen LogP contribution >= 0.6 is 35.0 Å². The molecule has 2 aromatic rings. The quantitative estimate of drug-likeness (QED) is 0.691. The van der Waals surface area contributed by atoms with Crippen molar-refractivity contribution in [2.45, 2.75) is 12.2 Å². The monoisotopic (exact) mass is 412 g/mol. The van der Waals surface area contributed by atoms with Crippen molar-refractivity contribution in [1.29, 1.82) is 0 Å². The van der Waals surface area contributed by atoms with Crippen LogP contribution in [0.25, 0.3) is 0 Å². The number of ether oxygens (including phenoxy) is 1. The maximum atomic E-state index is 12.2. The van der Waals surface area contributed by atoms with Crippen LogP contribution < -0.4 is 15.4 Å². The largest absolute Gasteiger partial charge is 0.497 e. The summed E-state index contributed by atoms with van der Waals surface area (Å²) in [6.45, 7) is 1.72. The summed E-state index contributed by atoms with van der Waals surface area (Å²) < 4.78 is 5.07. The number of methoxy groups -OCH3 is 1. The number of thioether (sulfide) groups is 1. The Labute approximate surface area is 166 Å². The van der Waals surface area contributed by atoms with E-state index in [1.165, 1.54) is 11.8 Å². The molecule has 0 spiro atoms. The van der Waals surface area contributed by atoms with Crippen molar-refractivity contribution in [3.05, 3.63) is 52.5 Å². The molecular formula is C18H18Cl2N2O3S. The molecule has 2 N–H and O–H groups in total. The zero-order valence-electron chi connectivity index (χ0n) is 14.2. The van der Waals surface area contributed by atoms with Gasteiger partial charge >= 0.3 is 0 Å². The van der Waals surface area contributed by atoms with Gasteiger partial charge in [-0.25, -0.2) is 0 Å². The second kappa shape index (κ2) is 9.71. The van der Waals surface area contributed by atoms with Gasteiger partial charge in [0.2, 0.25) is 11.8 Å². The van der Waals surface area contributed by atoms with E-state index in [4.69, 9.17) is 27.9 Å². The van der Waals surface area contributed by atoms with Gasteiger partial charge in [0, 0.05) is 10.7 Å². The van der Waals surface area contributed by atoms with Crippen LogP contribution in [-0.4, -0.2) is 29.9 Å². The number of hydrogen-bond donors (Lipinski definition) is 2. The molecule has 0 saturated heterocycles. The van der Waals surface area contributed by atoms with Gasteiger partial charge in [-0.3, -0.25) is 9.59 Å². The number of hydrogen-bond acceptors (Lipinski definition) is 4. The van der Waals surface area contributed by atoms with E-state index in [-0.39, 0.29) is 17.6 Å². The van der Waals surface area contributed by atoms with Gasteiger partial charge in [0.15, 0.2) is 0 Å². The Balaban J connectivity index is 1.82. The van der Waals surface area contributed by atoms with E-state index in [2.05, 4.69) is 10.6 Å². The van der Waals surface area contributed by atoms with Crippen LogP contribution in [0.4, 0.5) is 11.4 Å². The van der Waals surface area contributed by atoms with Crippen molar-refractivity contribution in [3.8, 4) is 5.75 Å². The first-order valence-corrected chi connectivity index (χ1v) is 9.51. The highest BCUT2D eigenvalue weighted by atomic mass is 35.5. The molecule has 5 nitrogen and oxygen atoms in total. The second-order valence-corrected chi connectivity index (χ2v) is 7.52. The van der Waals surface area contributed by atoms with Gasteiger partial charge < -0.3 is 15.4 Å². The van der Waals surface area contributed by atoms with Crippen LogP contribution in [0.2, 0.25) is 10.0 Å². The van der Waals surface area contributed by atoms with Crippen molar-refractivity contribution < 1.29 is 14.3 Å². The molecule has 0 aliphatic rings. The van der Waals surface area contributed by atoms with E-state index in [1.807, 2.05) is 0 Å². The first kappa shape index (κ1) is 20.4. The minimum atomic E-state index is -0.438. The lowest BCUT2D eigenvalue weighted by Crippen LogP contribution is -2.25. The van der Waals surface area contributed by atoms with Crippen LogP contribution in [0.3, 0.4) is 0 Å². The third-order valence-electron chi connectivity index (χ3n) is 3.39. The topological polar surface area (TPSA) is 67.4 Å². The molecule has 0 radical (unpaired) electrons. The van der Waals surface area contributed by atoms with Crippen molar-refractivity contribution in [1.82, 2.24) is 0 Å². The Morgan fingerprint density at radius 2 is 1.81 bits per heavy atom. The number of carbonyl (C=O) groups excluding carboxylic acids is 2. The molecule has 0 aliphatic carbocycles. The standard InChI is InChI=1S/C18H18Cl2N2O3S/c1-11(18(24)22-16-9-12(19)3-8-15(16)20)26-10-17(23)21-13-4-6-14(25-2)7-5-13/h3-9,11H,10H2,1-2H3,(H,21,23)(H,22,24). The lowest BCUT2D eigenvalue weighted by molar-refractivity contribution is -0.115. The lowest BCUT2D eigenvalue weighted by Gasteiger charge is -2.13. The SMILES string of the molecule is COc1ccc(NC(=O)CSC(C)C(=O)Nc2cc(Cl)ccc2Cl)cc1. The molecule has 0 heterocycles. The molecule has 0 aromatic heterocycles. The average Bonchev–Trinajstić information content (AvgIpc) is 2.63. The normalized spacial score (nSPS) is 11.5. The fourth-order valence-corrected chi connectivity index (χ4v) is 3.00. The average molecular weight is 413 g/mol. The Kier molecular flexibility index (Phi) is 7.63. The van der Waals surface area contributed by atoms with E-state index < -0.39 is 5.25 Å². The molecule has 2 aromatic carbocycles. The van der Waals surface area contributed by atoms with E-state index in [9.17, 15) is 9.59 Å². The summed E-state index contributed by atoms with van der Waals surface area (Å²) in [5.74, 6) is 0.406. The minimum absolute atomic E-state index is 0.143. The molecule has 26 heavy (non-hydrogen) atoms. The van der Waals surface area contributed by atoms with Gasteiger partial charge in [0.05, 0.1) is 28.8 Å². The van der Waals surface area contributed by atoms with Crippen molar-refractivity contribution in [2.24, 2.45) is 0 Å². The molecule has 2 rings (SSSR count). The number of rotatable bonds is 7. The fraction of sp³-hybridized carbons (Fsp3) is 0.222. The van der Waals surface area contributed by atoms with Crippen LogP contribution in [0, 0.1) is 0 Å². The number of nitrogens with one attached hydrogen (secondary N) is 2. The lowest BCUT2D eigenvalue weighted by atomic mass is 10.3.